The molecule has 10 heteroatoms. The zero-order valence-electron chi connectivity index (χ0n) is 32.9. The summed E-state index contributed by atoms with van der Waals surface area (Å²) in [5, 5.41) is 0. The number of esters is 4. The van der Waals surface area contributed by atoms with E-state index in [1.54, 1.807) is 24.3 Å². The van der Waals surface area contributed by atoms with Crippen molar-refractivity contribution in [2.75, 3.05) is 26.4 Å². The van der Waals surface area contributed by atoms with Crippen molar-refractivity contribution in [3.05, 3.63) is 133 Å². The normalized spacial score (nSPS) is 14.7. The van der Waals surface area contributed by atoms with Crippen LogP contribution in [0.25, 0.3) is 22.3 Å². The number of ether oxygens (including phenoxy) is 6. The zero-order valence-corrected chi connectivity index (χ0v) is 32.9. The van der Waals surface area contributed by atoms with Crippen LogP contribution in [-0.4, -0.2) is 62.5 Å². The molecule has 0 N–H and O–H groups in total. The van der Waals surface area contributed by atoms with Gasteiger partial charge in [-0.05, 0) is 135 Å². The molecular formula is C48H52O10. The fourth-order valence-electron chi connectivity index (χ4n) is 6.43. The van der Waals surface area contributed by atoms with E-state index in [0.29, 0.717) is 50.4 Å². The molecule has 0 saturated heterocycles. The minimum atomic E-state index is -0.533. The van der Waals surface area contributed by atoms with Gasteiger partial charge in [-0.2, -0.15) is 0 Å². The Balaban J connectivity index is 1.04. The highest BCUT2D eigenvalue weighted by Gasteiger charge is 2.32. The van der Waals surface area contributed by atoms with Crippen LogP contribution in [0.2, 0.25) is 0 Å². The lowest BCUT2D eigenvalue weighted by Crippen LogP contribution is -2.37. The summed E-state index contributed by atoms with van der Waals surface area (Å²) in [6, 6.07) is 30.1. The van der Waals surface area contributed by atoms with Crippen LogP contribution < -0.4 is 9.47 Å². The van der Waals surface area contributed by atoms with Crippen LogP contribution in [0.3, 0.4) is 0 Å². The third-order valence-electron chi connectivity index (χ3n) is 9.71. The van der Waals surface area contributed by atoms with Gasteiger partial charge < -0.3 is 28.4 Å². The molecule has 0 aliphatic heterocycles. The lowest BCUT2D eigenvalue weighted by atomic mass is 9.94. The summed E-state index contributed by atoms with van der Waals surface area (Å²) in [5.74, 6) is -0.181. The number of hydrogen-bond acceptors (Lipinski definition) is 10. The number of rotatable bonds is 22. The monoisotopic (exact) mass is 788 g/mol. The molecular weight excluding hydrogens is 737 g/mol. The Morgan fingerprint density at radius 2 is 0.793 bits per heavy atom. The van der Waals surface area contributed by atoms with Crippen LogP contribution >= 0.6 is 0 Å². The molecule has 0 heterocycles. The van der Waals surface area contributed by atoms with Crippen molar-refractivity contribution in [1.29, 1.82) is 0 Å². The van der Waals surface area contributed by atoms with E-state index >= 15 is 0 Å². The minimum absolute atomic E-state index is 0.378. The van der Waals surface area contributed by atoms with Crippen LogP contribution in [0.15, 0.2) is 122 Å². The molecule has 304 valence electrons. The van der Waals surface area contributed by atoms with Gasteiger partial charge in [0.25, 0.3) is 0 Å². The third-order valence-corrected chi connectivity index (χ3v) is 9.71. The van der Waals surface area contributed by atoms with Gasteiger partial charge in [-0.1, -0.05) is 61.7 Å². The first kappa shape index (κ1) is 43.0. The van der Waals surface area contributed by atoms with Gasteiger partial charge in [0.1, 0.15) is 23.7 Å². The highest BCUT2D eigenvalue weighted by atomic mass is 16.6. The smallest absolute Gasteiger partial charge is 0.338 e. The van der Waals surface area contributed by atoms with Crippen molar-refractivity contribution in [1.82, 2.24) is 0 Å². The van der Waals surface area contributed by atoms with Gasteiger partial charge in [0, 0.05) is 12.2 Å². The summed E-state index contributed by atoms with van der Waals surface area (Å²) in [5.41, 5.74) is 4.72. The number of hydrogen-bond donors (Lipinski definition) is 0. The minimum Gasteiger partial charge on any atom is -0.494 e. The van der Waals surface area contributed by atoms with Gasteiger partial charge in [0.05, 0.1) is 37.6 Å². The van der Waals surface area contributed by atoms with Crippen molar-refractivity contribution in [3.8, 4) is 33.8 Å². The van der Waals surface area contributed by atoms with Gasteiger partial charge >= 0.3 is 23.9 Å². The van der Waals surface area contributed by atoms with Crippen molar-refractivity contribution >= 4 is 23.9 Å². The quantitative estimate of drug-likeness (QED) is 0.0329. The maximum Gasteiger partial charge on any atom is 0.338 e. The molecule has 10 nitrogen and oxygen atoms in total. The number of benzene rings is 4. The molecule has 0 amide bonds. The average molecular weight is 789 g/mol. The molecule has 2 atom stereocenters. The second-order valence-corrected chi connectivity index (χ2v) is 13.9. The van der Waals surface area contributed by atoms with E-state index in [9.17, 15) is 19.2 Å². The molecule has 0 bridgehead atoms. The topological polar surface area (TPSA) is 124 Å². The molecule has 0 unspecified atom stereocenters. The molecule has 0 radical (unpaired) electrons. The maximum absolute atomic E-state index is 13.2. The molecule has 5 rings (SSSR count). The van der Waals surface area contributed by atoms with Crippen LogP contribution in [0, 0.1) is 0 Å². The Morgan fingerprint density at radius 3 is 1.14 bits per heavy atom. The van der Waals surface area contributed by atoms with Crippen LogP contribution in [-0.2, 0) is 28.5 Å². The lowest BCUT2D eigenvalue weighted by Gasteiger charge is -2.30. The summed E-state index contributed by atoms with van der Waals surface area (Å²) in [7, 11) is 0. The van der Waals surface area contributed by atoms with Crippen LogP contribution in [0.5, 0.6) is 11.5 Å². The Morgan fingerprint density at radius 1 is 0.466 bits per heavy atom. The van der Waals surface area contributed by atoms with Crippen molar-refractivity contribution in [2.45, 2.75) is 76.4 Å². The zero-order chi connectivity index (χ0) is 41.0. The summed E-state index contributed by atoms with van der Waals surface area (Å²) >= 11 is 0. The van der Waals surface area contributed by atoms with Crippen molar-refractivity contribution in [3.63, 3.8) is 0 Å². The summed E-state index contributed by atoms with van der Waals surface area (Å²) in [6.45, 7) is 8.65. The van der Waals surface area contributed by atoms with Crippen molar-refractivity contribution < 1.29 is 47.6 Å². The maximum atomic E-state index is 13.2. The third kappa shape index (κ3) is 13.8. The molecule has 4 aromatic rings. The van der Waals surface area contributed by atoms with Crippen molar-refractivity contribution in [2.24, 2.45) is 0 Å². The first-order chi connectivity index (χ1) is 28.3. The Bertz CT molecular complexity index is 1790. The number of carbonyl (C=O) groups is 4. The van der Waals surface area contributed by atoms with E-state index in [2.05, 4.69) is 13.2 Å². The molecule has 1 aliphatic rings. The Kier molecular flexibility index (Phi) is 17.2. The molecule has 58 heavy (non-hydrogen) atoms. The van der Waals surface area contributed by atoms with Gasteiger partial charge in [0.15, 0.2) is 0 Å². The molecule has 1 aliphatic carbocycles. The van der Waals surface area contributed by atoms with Crippen LogP contribution in [0.1, 0.15) is 84.9 Å². The van der Waals surface area contributed by atoms with E-state index in [1.165, 1.54) is 0 Å². The van der Waals surface area contributed by atoms with E-state index in [-0.39, 0.29) is 0 Å². The Labute approximate surface area is 340 Å². The molecule has 0 aromatic heterocycles. The summed E-state index contributed by atoms with van der Waals surface area (Å²) in [4.78, 5) is 48.6. The first-order valence-electron chi connectivity index (χ1n) is 20.0. The van der Waals surface area contributed by atoms with Gasteiger partial charge in [-0.15, -0.1) is 0 Å². The SMILES string of the molecule is C=CC(=O)OCCCCCOc1ccc(-c2ccc(C(=O)O[C@@H]3CCCC[C@H]3OC(=O)c3ccc(-c4ccc(OCCCCCOC(=O)C=C)cc4)cc3)cc2)cc1. The number of unbranched alkanes of at least 4 members (excludes halogenated alkanes) is 4. The fraction of sp³-hybridized carbons (Fsp3) is 0.333. The summed E-state index contributed by atoms with van der Waals surface area (Å²) < 4.78 is 33.5. The number of carbonyl (C=O) groups excluding carboxylic acids is 4. The molecule has 1 fully saturated rings. The van der Waals surface area contributed by atoms with Gasteiger partial charge in [-0.25, -0.2) is 19.2 Å². The second-order valence-electron chi connectivity index (χ2n) is 13.9. The van der Waals surface area contributed by atoms with E-state index in [1.807, 2.05) is 72.8 Å². The predicted molar refractivity (Wildman–Crippen MR) is 222 cm³/mol. The fourth-order valence-corrected chi connectivity index (χ4v) is 6.43. The highest BCUT2D eigenvalue weighted by Crippen LogP contribution is 2.28. The van der Waals surface area contributed by atoms with E-state index < -0.39 is 36.1 Å². The van der Waals surface area contributed by atoms with E-state index in [0.717, 1.165) is 97.3 Å². The van der Waals surface area contributed by atoms with Gasteiger partial charge in [0.2, 0.25) is 0 Å². The first-order valence-corrected chi connectivity index (χ1v) is 20.0. The van der Waals surface area contributed by atoms with E-state index in [4.69, 9.17) is 28.4 Å². The lowest BCUT2D eigenvalue weighted by molar-refractivity contribution is -0.138. The largest absolute Gasteiger partial charge is 0.494 e. The summed E-state index contributed by atoms with van der Waals surface area (Å²) in [6.07, 6.45) is 9.27. The van der Waals surface area contributed by atoms with Crippen LogP contribution in [0.4, 0.5) is 0 Å². The molecule has 1 saturated carbocycles. The Hall–Kier alpha value is -6.16. The second kappa shape index (κ2) is 23.2. The molecule has 0 spiro atoms. The molecule has 4 aromatic carbocycles. The highest BCUT2D eigenvalue weighted by molar-refractivity contribution is 5.91. The average Bonchev–Trinajstić information content (AvgIpc) is 3.26. The van der Waals surface area contributed by atoms with Gasteiger partial charge in [-0.3, -0.25) is 0 Å². The standard InChI is InChI=1S/C48H52O10/c1-3-45(49)55-33-11-5-9-31-53-41-27-23-37(24-28-41)35-15-19-39(20-16-35)47(51)57-43-13-7-8-14-44(43)58-48(52)40-21-17-36(18-22-40)38-25-29-42(30-26-38)54-32-10-6-12-34-56-46(50)4-2/h3-4,15-30,43-44H,1-2,5-14,31-34H2/t43-,44-/m1/s1. The predicted octanol–water partition coefficient (Wildman–Crippen LogP) is 9.90.